The van der Waals surface area contributed by atoms with Crippen LogP contribution in [0.5, 0.6) is 0 Å². The highest BCUT2D eigenvalue weighted by atomic mass is 35.5. The van der Waals surface area contributed by atoms with Crippen LogP contribution in [0.25, 0.3) is 0 Å². The summed E-state index contributed by atoms with van der Waals surface area (Å²) in [6, 6.07) is 1.82. The van der Waals surface area contributed by atoms with E-state index in [1.807, 2.05) is 6.92 Å². The minimum absolute atomic E-state index is 0.0599. The zero-order chi connectivity index (χ0) is 12.3. The van der Waals surface area contributed by atoms with E-state index in [4.69, 9.17) is 16.0 Å². The van der Waals surface area contributed by atoms with Crippen LogP contribution in [0.3, 0.4) is 0 Å². The van der Waals surface area contributed by atoms with Gasteiger partial charge in [-0.3, -0.25) is 4.79 Å². The number of carbonyl (C=O) groups excluding carboxylic acids is 1. The van der Waals surface area contributed by atoms with Gasteiger partial charge in [-0.1, -0.05) is 19.8 Å². The van der Waals surface area contributed by atoms with Crippen LogP contribution in [-0.2, 0) is 6.42 Å². The van der Waals surface area contributed by atoms with Crippen molar-refractivity contribution in [1.29, 1.82) is 0 Å². The number of amides is 1. The summed E-state index contributed by atoms with van der Waals surface area (Å²) in [4.78, 5) is 12.1. The average molecular weight is 256 g/mol. The number of aryl methyl sites for hydroxylation is 1. The van der Waals surface area contributed by atoms with Crippen molar-refractivity contribution in [3.05, 3.63) is 23.7 Å². The van der Waals surface area contributed by atoms with Gasteiger partial charge in [-0.15, -0.1) is 11.6 Å². The van der Waals surface area contributed by atoms with E-state index in [9.17, 15) is 4.79 Å². The SMILES string of the molecule is CCc1occc1C(=O)NC1CCCCC1Cl. The first-order valence-electron chi connectivity index (χ1n) is 6.23. The number of hydrogen-bond donors (Lipinski definition) is 1. The highest BCUT2D eigenvalue weighted by molar-refractivity contribution is 6.21. The Labute approximate surface area is 107 Å². The van der Waals surface area contributed by atoms with Gasteiger partial charge in [0.1, 0.15) is 5.76 Å². The maximum Gasteiger partial charge on any atom is 0.255 e. The minimum atomic E-state index is -0.0619. The number of nitrogens with one attached hydrogen (secondary N) is 1. The van der Waals surface area contributed by atoms with Crippen LogP contribution in [0.4, 0.5) is 0 Å². The molecule has 2 unspecified atom stereocenters. The van der Waals surface area contributed by atoms with Gasteiger partial charge in [0.05, 0.1) is 17.2 Å². The highest BCUT2D eigenvalue weighted by Gasteiger charge is 2.26. The van der Waals surface area contributed by atoms with Gasteiger partial charge in [-0.05, 0) is 18.9 Å². The Balaban J connectivity index is 2.01. The van der Waals surface area contributed by atoms with Gasteiger partial charge in [0.25, 0.3) is 5.91 Å². The molecule has 2 rings (SSSR count). The molecule has 0 aliphatic heterocycles. The molecule has 0 bridgehead atoms. The van der Waals surface area contributed by atoms with E-state index >= 15 is 0 Å². The van der Waals surface area contributed by atoms with Gasteiger partial charge in [0.15, 0.2) is 0 Å². The monoisotopic (exact) mass is 255 g/mol. The predicted octanol–water partition coefficient (Wildman–Crippen LogP) is 3.12. The van der Waals surface area contributed by atoms with E-state index in [-0.39, 0.29) is 17.3 Å². The lowest BCUT2D eigenvalue weighted by molar-refractivity contribution is 0.0926. The lowest BCUT2D eigenvalue weighted by Gasteiger charge is -2.27. The third kappa shape index (κ3) is 2.83. The standard InChI is InChI=1S/C13H18ClNO2/c1-2-12-9(7-8-17-12)13(16)15-11-6-4-3-5-10(11)14/h7-8,10-11H,2-6H2,1H3,(H,15,16). The molecule has 1 aromatic rings. The van der Waals surface area contributed by atoms with E-state index in [1.54, 1.807) is 12.3 Å². The lowest BCUT2D eigenvalue weighted by atomic mass is 9.94. The molecule has 1 amide bonds. The van der Waals surface area contributed by atoms with Crippen molar-refractivity contribution in [3.8, 4) is 0 Å². The molecule has 1 aromatic heterocycles. The molecule has 3 nitrogen and oxygen atoms in total. The van der Waals surface area contributed by atoms with Crippen molar-refractivity contribution >= 4 is 17.5 Å². The molecule has 0 radical (unpaired) electrons. The number of halogens is 1. The molecule has 94 valence electrons. The second-order valence-corrected chi connectivity index (χ2v) is 5.05. The van der Waals surface area contributed by atoms with E-state index in [0.717, 1.165) is 37.9 Å². The highest BCUT2D eigenvalue weighted by Crippen LogP contribution is 2.23. The van der Waals surface area contributed by atoms with E-state index in [2.05, 4.69) is 5.32 Å². The number of alkyl halides is 1. The van der Waals surface area contributed by atoms with Crippen molar-refractivity contribution in [2.75, 3.05) is 0 Å². The van der Waals surface area contributed by atoms with Gasteiger partial charge < -0.3 is 9.73 Å². The average Bonchev–Trinajstić information content (AvgIpc) is 2.80. The number of furan rings is 1. The van der Waals surface area contributed by atoms with Crippen molar-refractivity contribution in [2.24, 2.45) is 0 Å². The fraction of sp³-hybridized carbons (Fsp3) is 0.615. The Kier molecular flexibility index (Phi) is 4.11. The molecule has 1 aliphatic carbocycles. The first kappa shape index (κ1) is 12.5. The minimum Gasteiger partial charge on any atom is -0.469 e. The van der Waals surface area contributed by atoms with Crippen LogP contribution in [0, 0.1) is 0 Å². The van der Waals surface area contributed by atoms with Crippen LogP contribution in [0.1, 0.15) is 48.7 Å². The molecular formula is C13H18ClNO2. The molecule has 0 aromatic carbocycles. The third-order valence-corrected chi connectivity index (χ3v) is 3.83. The zero-order valence-corrected chi connectivity index (χ0v) is 10.8. The largest absolute Gasteiger partial charge is 0.469 e. The normalized spacial score (nSPS) is 24.6. The lowest BCUT2D eigenvalue weighted by Crippen LogP contribution is -2.42. The van der Waals surface area contributed by atoms with Gasteiger partial charge >= 0.3 is 0 Å². The number of hydrogen-bond acceptors (Lipinski definition) is 2. The van der Waals surface area contributed by atoms with Gasteiger partial charge in [-0.2, -0.15) is 0 Å². The number of rotatable bonds is 3. The Bertz CT molecular complexity index is 389. The van der Waals surface area contributed by atoms with Crippen LogP contribution >= 0.6 is 11.6 Å². The molecule has 0 spiro atoms. The smallest absolute Gasteiger partial charge is 0.255 e. The summed E-state index contributed by atoms with van der Waals surface area (Å²) < 4.78 is 5.26. The van der Waals surface area contributed by atoms with Crippen molar-refractivity contribution in [3.63, 3.8) is 0 Å². The van der Waals surface area contributed by atoms with E-state index in [0.29, 0.717) is 5.56 Å². The Morgan fingerprint density at radius 3 is 3.00 bits per heavy atom. The Morgan fingerprint density at radius 1 is 1.53 bits per heavy atom. The van der Waals surface area contributed by atoms with Crippen LogP contribution in [0.15, 0.2) is 16.7 Å². The second-order valence-electron chi connectivity index (χ2n) is 4.49. The molecule has 2 atom stereocenters. The van der Waals surface area contributed by atoms with Crippen LogP contribution in [-0.4, -0.2) is 17.3 Å². The number of carbonyl (C=O) groups is 1. The summed E-state index contributed by atoms with van der Waals surface area (Å²) in [6.45, 7) is 1.97. The molecule has 0 saturated heterocycles. The van der Waals surface area contributed by atoms with Gasteiger partial charge in [0.2, 0.25) is 0 Å². The first-order valence-corrected chi connectivity index (χ1v) is 6.67. The molecule has 1 N–H and O–H groups in total. The molecular weight excluding hydrogens is 238 g/mol. The Hall–Kier alpha value is -0.960. The zero-order valence-electron chi connectivity index (χ0n) is 10.0. The molecule has 17 heavy (non-hydrogen) atoms. The van der Waals surface area contributed by atoms with Crippen molar-refractivity contribution < 1.29 is 9.21 Å². The van der Waals surface area contributed by atoms with Gasteiger partial charge in [-0.25, -0.2) is 0 Å². The summed E-state index contributed by atoms with van der Waals surface area (Å²) in [7, 11) is 0. The molecule has 1 fully saturated rings. The predicted molar refractivity (Wildman–Crippen MR) is 67.4 cm³/mol. The Morgan fingerprint density at radius 2 is 2.29 bits per heavy atom. The van der Waals surface area contributed by atoms with Gasteiger partial charge in [0, 0.05) is 12.5 Å². The second kappa shape index (κ2) is 5.58. The van der Waals surface area contributed by atoms with Crippen LogP contribution < -0.4 is 5.32 Å². The van der Waals surface area contributed by atoms with E-state index < -0.39 is 0 Å². The summed E-state index contributed by atoms with van der Waals surface area (Å²) in [5.74, 6) is 0.678. The van der Waals surface area contributed by atoms with Crippen molar-refractivity contribution in [2.45, 2.75) is 50.4 Å². The molecule has 1 saturated carbocycles. The summed E-state index contributed by atoms with van der Waals surface area (Å²) >= 11 is 6.22. The topological polar surface area (TPSA) is 42.2 Å². The summed E-state index contributed by atoms with van der Waals surface area (Å²) in [5, 5.41) is 3.07. The molecule has 4 heteroatoms. The van der Waals surface area contributed by atoms with Crippen LogP contribution in [0.2, 0.25) is 0 Å². The maximum atomic E-state index is 12.1. The summed E-state index contributed by atoms with van der Waals surface area (Å²) in [6.07, 6.45) is 6.54. The molecule has 1 heterocycles. The summed E-state index contributed by atoms with van der Waals surface area (Å²) in [5.41, 5.74) is 0.641. The van der Waals surface area contributed by atoms with E-state index in [1.165, 1.54) is 0 Å². The van der Waals surface area contributed by atoms with Crippen molar-refractivity contribution in [1.82, 2.24) is 5.32 Å². The first-order chi connectivity index (χ1) is 8.22. The fourth-order valence-electron chi connectivity index (χ4n) is 2.31. The third-order valence-electron chi connectivity index (χ3n) is 3.31. The quantitative estimate of drug-likeness (QED) is 0.844. The molecule has 1 aliphatic rings. The maximum absolute atomic E-state index is 12.1. The fourth-order valence-corrected chi connectivity index (χ4v) is 2.65.